The van der Waals surface area contributed by atoms with E-state index in [4.69, 9.17) is 14.2 Å². The van der Waals surface area contributed by atoms with Crippen molar-refractivity contribution in [1.82, 2.24) is 0 Å². The lowest BCUT2D eigenvalue weighted by Gasteiger charge is -2.33. The summed E-state index contributed by atoms with van der Waals surface area (Å²) >= 11 is 0. The molecule has 2 aromatic rings. The van der Waals surface area contributed by atoms with Crippen LogP contribution in [0.5, 0.6) is 17.2 Å². The van der Waals surface area contributed by atoms with Crippen LogP contribution in [0.2, 0.25) is 0 Å². The zero-order valence-electron chi connectivity index (χ0n) is 15.7. The number of methoxy groups -OCH3 is 1. The number of fused-ring (bicyclic) bond motifs is 2. The fraction of sp³-hybridized carbons (Fsp3) is 0.350. The van der Waals surface area contributed by atoms with Crippen LogP contribution in [0.25, 0.3) is 0 Å². The zero-order valence-corrected chi connectivity index (χ0v) is 15.7. The molecule has 0 spiro atoms. The molecule has 0 radical (unpaired) electrons. The fourth-order valence-electron chi connectivity index (χ4n) is 3.74. The van der Waals surface area contributed by atoms with Gasteiger partial charge in [-0.25, -0.2) is 0 Å². The average Bonchev–Trinajstić information content (AvgIpc) is 3.11. The van der Waals surface area contributed by atoms with Gasteiger partial charge in [0.15, 0.2) is 17.7 Å². The van der Waals surface area contributed by atoms with Crippen molar-refractivity contribution in [3.05, 3.63) is 41.5 Å². The molecule has 142 valence electrons. The largest absolute Gasteiger partial charge is 0.492 e. The number of carbonyl (C=O) groups excluding carboxylic acids is 1. The number of likely N-dealkylation sites (N-methyl/N-ethyl adjacent to an activating group) is 1. The molecular weight excluding hydrogens is 346 g/mol. The Bertz CT molecular complexity index is 867. The Morgan fingerprint density at radius 3 is 2.67 bits per heavy atom. The first kappa shape index (κ1) is 17.5. The summed E-state index contributed by atoms with van der Waals surface area (Å²) in [5, 5.41) is 6.39. The molecular formula is C20H24N3O4+. The lowest BCUT2D eigenvalue weighted by molar-refractivity contribution is -0.910. The SMILES string of the molecule is COc1c2c(cc3c1[C@H](Nc1ccc(NC(C)=O)cc1)[NH+](C)CC3)OCO2. The van der Waals surface area contributed by atoms with E-state index >= 15 is 0 Å². The van der Waals surface area contributed by atoms with E-state index in [9.17, 15) is 4.79 Å². The molecule has 0 saturated heterocycles. The lowest BCUT2D eigenvalue weighted by Crippen LogP contribution is -3.11. The van der Waals surface area contributed by atoms with Gasteiger partial charge in [0, 0.05) is 24.7 Å². The van der Waals surface area contributed by atoms with Crippen LogP contribution < -0.4 is 29.7 Å². The third kappa shape index (κ3) is 3.26. The second-order valence-corrected chi connectivity index (χ2v) is 6.90. The maximum absolute atomic E-state index is 11.2. The Labute approximate surface area is 158 Å². The first-order chi connectivity index (χ1) is 13.1. The van der Waals surface area contributed by atoms with Gasteiger partial charge in [0.1, 0.15) is 0 Å². The van der Waals surface area contributed by atoms with Crippen molar-refractivity contribution in [3.8, 4) is 17.2 Å². The number of hydrogen-bond donors (Lipinski definition) is 3. The Balaban J connectivity index is 1.67. The van der Waals surface area contributed by atoms with E-state index in [1.54, 1.807) is 7.11 Å². The Morgan fingerprint density at radius 2 is 1.96 bits per heavy atom. The fourth-order valence-corrected chi connectivity index (χ4v) is 3.74. The lowest BCUT2D eigenvalue weighted by atomic mass is 9.94. The minimum atomic E-state index is -0.0816. The van der Waals surface area contributed by atoms with E-state index < -0.39 is 0 Å². The van der Waals surface area contributed by atoms with Crippen molar-refractivity contribution >= 4 is 17.3 Å². The first-order valence-corrected chi connectivity index (χ1v) is 9.02. The number of quaternary nitrogens is 1. The predicted octanol–water partition coefficient (Wildman–Crippen LogP) is 1.56. The van der Waals surface area contributed by atoms with Crippen LogP contribution in [0.3, 0.4) is 0 Å². The van der Waals surface area contributed by atoms with E-state index in [2.05, 4.69) is 23.7 Å². The van der Waals surface area contributed by atoms with Crippen LogP contribution in [-0.4, -0.2) is 33.4 Å². The Morgan fingerprint density at radius 1 is 1.22 bits per heavy atom. The number of rotatable bonds is 4. The van der Waals surface area contributed by atoms with Crippen molar-refractivity contribution in [2.45, 2.75) is 19.5 Å². The van der Waals surface area contributed by atoms with Gasteiger partial charge < -0.3 is 29.7 Å². The van der Waals surface area contributed by atoms with Crippen LogP contribution in [-0.2, 0) is 11.2 Å². The van der Waals surface area contributed by atoms with Crippen LogP contribution in [0.4, 0.5) is 11.4 Å². The third-order valence-corrected chi connectivity index (χ3v) is 5.03. The summed E-state index contributed by atoms with van der Waals surface area (Å²) in [5.74, 6) is 2.09. The highest BCUT2D eigenvalue weighted by Crippen LogP contribution is 2.47. The topological polar surface area (TPSA) is 73.3 Å². The van der Waals surface area contributed by atoms with Crippen LogP contribution in [0.1, 0.15) is 24.2 Å². The third-order valence-electron chi connectivity index (χ3n) is 5.03. The van der Waals surface area contributed by atoms with Crippen molar-refractivity contribution in [1.29, 1.82) is 0 Å². The molecule has 0 aromatic heterocycles. The minimum Gasteiger partial charge on any atom is -0.492 e. The van der Waals surface area contributed by atoms with Gasteiger partial charge in [-0.3, -0.25) is 4.79 Å². The van der Waals surface area contributed by atoms with Crippen molar-refractivity contribution in [2.75, 3.05) is 38.1 Å². The number of anilines is 2. The van der Waals surface area contributed by atoms with Gasteiger partial charge in [-0.2, -0.15) is 0 Å². The number of hydrogen-bond acceptors (Lipinski definition) is 5. The van der Waals surface area contributed by atoms with E-state index in [0.717, 1.165) is 41.4 Å². The standard InChI is InChI=1S/C20H23N3O4/c1-12(24)21-14-4-6-15(7-5-14)22-20-17-13(8-9-23(20)2)10-16-18(19(17)25-3)27-11-26-16/h4-7,10,20,22H,8-9,11H2,1-3H3,(H,21,24)/p+1/t20-/m1/s1. The molecule has 0 saturated carbocycles. The summed E-state index contributed by atoms with van der Waals surface area (Å²) in [7, 11) is 3.83. The van der Waals surface area contributed by atoms with E-state index in [0.29, 0.717) is 5.75 Å². The van der Waals surface area contributed by atoms with Crippen LogP contribution in [0, 0.1) is 0 Å². The van der Waals surface area contributed by atoms with Gasteiger partial charge in [-0.15, -0.1) is 0 Å². The number of ether oxygens (including phenoxy) is 3. The van der Waals surface area contributed by atoms with Crippen molar-refractivity contribution < 1.29 is 23.9 Å². The number of carbonyl (C=O) groups is 1. The monoisotopic (exact) mass is 370 g/mol. The van der Waals surface area contributed by atoms with Gasteiger partial charge in [0.2, 0.25) is 18.4 Å². The summed E-state index contributed by atoms with van der Waals surface area (Å²) in [4.78, 5) is 12.5. The molecule has 3 N–H and O–H groups in total. The van der Waals surface area contributed by atoms with Gasteiger partial charge in [0.25, 0.3) is 0 Å². The molecule has 2 heterocycles. The highest BCUT2D eigenvalue weighted by molar-refractivity contribution is 5.88. The molecule has 7 heteroatoms. The molecule has 0 aliphatic carbocycles. The molecule has 27 heavy (non-hydrogen) atoms. The van der Waals surface area contributed by atoms with E-state index in [-0.39, 0.29) is 18.9 Å². The van der Waals surface area contributed by atoms with Gasteiger partial charge in [0.05, 0.1) is 26.3 Å². The van der Waals surface area contributed by atoms with Gasteiger partial charge in [-0.05, 0) is 35.9 Å². The summed E-state index contributed by atoms with van der Waals surface area (Å²) in [6.45, 7) is 2.72. The highest BCUT2D eigenvalue weighted by atomic mass is 16.7. The molecule has 2 aliphatic rings. The Hall–Kier alpha value is -2.93. The van der Waals surface area contributed by atoms with Crippen LogP contribution >= 0.6 is 0 Å². The molecule has 2 atom stereocenters. The maximum atomic E-state index is 11.2. The molecule has 1 unspecified atom stereocenters. The van der Waals surface area contributed by atoms with Crippen molar-refractivity contribution in [2.24, 2.45) is 0 Å². The zero-order chi connectivity index (χ0) is 19.0. The molecule has 2 aliphatic heterocycles. The molecule has 2 aromatic carbocycles. The minimum absolute atomic E-state index is 0.0183. The summed E-state index contributed by atoms with van der Waals surface area (Å²) in [6.07, 6.45) is 0.971. The highest BCUT2D eigenvalue weighted by Gasteiger charge is 2.36. The predicted molar refractivity (Wildman–Crippen MR) is 102 cm³/mol. The van der Waals surface area contributed by atoms with E-state index in [1.807, 2.05) is 24.3 Å². The first-order valence-electron chi connectivity index (χ1n) is 9.02. The number of nitrogens with one attached hydrogen (secondary N) is 3. The maximum Gasteiger partial charge on any atom is 0.231 e. The molecule has 1 amide bonds. The molecule has 4 rings (SSSR count). The molecule has 7 nitrogen and oxygen atoms in total. The normalized spacial score (nSPS) is 20.0. The Kier molecular flexibility index (Phi) is 4.53. The van der Waals surface area contributed by atoms with Crippen molar-refractivity contribution in [3.63, 3.8) is 0 Å². The smallest absolute Gasteiger partial charge is 0.231 e. The summed E-state index contributed by atoms with van der Waals surface area (Å²) in [6, 6.07) is 9.78. The summed E-state index contributed by atoms with van der Waals surface area (Å²) < 4.78 is 16.9. The van der Waals surface area contributed by atoms with E-state index in [1.165, 1.54) is 17.4 Å². The number of benzene rings is 2. The molecule has 0 fully saturated rings. The number of amides is 1. The van der Waals surface area contributed by atoms with Crippen LogP contribution in [0.15, 0.2) is 30.3 Å². The quantitative estimate of drug-likeness (QED) is 0.762. The second kappa shape index (κ2) is 7.00. The summed E-state index contributed by atoms with van der Waals surface area (Å²) in [5.41, 5.74) is 4.07. The molecule has 0 bridgehead atoms. The average molecular weight is 370 g/mol. The van der Waals surface area contributed by atoms with Gasteiger partial charge in [-0.1, -0.05) is 0 Å². The second-order valence-electron chi connectivity index (χ2n) is 6.90. The van der Waals surface area contributed by atoms with Gasteiger partial charge >= 0.3 is 0 Å².